The Balaban J connectivity index is 1.73. The van der Waals surface area contributed by atoms with Crippen molar-refractivity contribution < 1.29 is 0 Å². The van der Waals surface area contributed by atoms with E-state index in [1.165, 1.54) is 0 Å². The van der Waals surface area contributed by atoms with E-state index in [0.29, 0.717) is 43.3 Å². The number of nitrogens with one attached hydrogen (secondary N) is 2. The molecule has 0 saturated carbocycles. The number of rotatable bonds is 4. The maximum Gasteiger partial charge on any atom is 0.176 e. The first-order valence-corrected chi connectivity index (χ1v) is 9.76. The zero-order chi connectivity index (χ0) is 19.6. The molecule has 0 atom stereocenters. The van der Waals surface area contributed by atoms with Crippen molar-refractivity contribution in [2.45, 2.75) is 13.5 Å². The lowest BCUT2D eigenvalue weighted by molar-refractivity contribution is 0.668. The summed E-state index contributed by atoms with van der Waals surface area (Å²) < 4.78 is 1.80. The van der Waals surface area contributed by atoms with Crippen LogP contribution in [0.25, 0.3) is 0 Å². The van der Waals surface area contributed by atoms with Crippen LogP contribution in [0.4, 0.5) is 11.5 Å². The Hall–Kier alpha value is -1.50. The standard InChI is InChI=1S/C18H14Cl4N4S/c1-10-7-17(24-18(27)23-16-8-11(19)5-6-15(16)22)25-26(10)9-12-13(20)3-2-4-14(12)21/h2-8H,9H2,1H3,(H2,23,24,25,27). The van der Waals surface area contributed by atoms with Gasteiger partial charge < -0.3 is 10.6 Å². The fraction of sp³-hybridized carbons (Fsp3) is 0.111. The molecule has 0 aliphatic rings. The maximum atomic E-state index is 6.25. The van der Waals surface area contributed by atoms with Crippen molar-refractivity contribution in [3.05, 3.63) is 73.8 Å². The first-order valence-electron chi connectivity index (χ1n) is 7.84. The van der Waals surface area contributed by atoms with Crippen LogP contribution < -0.4 is 10.6 Å². The lowest BCUT2D eigenvalue weighted by Gasteiger charge is -2.11. The van der Waals surface area contributed by atoms with Crippen molar-refractivity contribution in [1.82, 2.24) is 9.78 Å². The van der Waals surface area contributed by atoms with Crippen molar-refractivity contribution in [3.8, 4) is 0 Å². The molecule has 0 spiro atoms. The molecular formula is C18H14Cl4N4S. The van der Waals surface area contributed by atoms with E-state index in [2.05, 4.69) is 15.7 Å². The number of aryl methyl sites for hydroxylation is 1. The van der Waals surface area contributed by atoms with Crippen LogP contribution in [-0.2, 0) is 6.54 Å². The van der Waals surface area contributed by atoms with Crippen LogP contribution in [0.5, 0.6) is 0 Å². The van der Waals surface area contributed by atoms with E-state index >= 15 is 0 Å². The molecule has 1 heterocycles. The van der Waals surface area contributed by atoms with Gasteiger partial charge in [-0.2, -0.15) is 5.10 Å². The summed E-state index contributed by atoms with van der Waals surface area (Å²) in [6.07, 6.45) is 0. The monoisotopic (exact) mass is 458 g/mol. The second kappa shape index (κ2) is 8.67. The number of nitrogens with zero attached hydrogens (tertiary/aromatic N) is 2. The minimum absolute atomic E-state index is 0.347. The number of aromatic nitrogens is 2. The summed E-state index contributed by atoms with van der Waals surface area (Å²) in [4.78, 5) is 0. The third-order valence-electron chi connectivity index (χ3n) is 3.77. The zero-order valence-electron chi connectivity index (χ0n) is 14.1. The lowest BCUT2D eigenvalue weighted by Crippen LogP contribution is -2.19. The van der Waals surface area contributed by atoms with Gasteiger partial charge in [0.25, 0.3) is 0 Å². The Morgan fingerprint density at radius 2 is 1.70 bits per heavy atom. The van der Waals surface area contributed by atoms with Gasteiger partial charge in [-0.15, -0.1) is 0 Å². The van der Waals surface area contributed by atoms with Crippen LogP contribution in [0, 0.1) is 6.92 Å². The van der Waals surface area contributed by atoms with Gasteiger partial charge in [-0.25, -0.2) is 0 Å². The molecule has 3 rings (SSSR count). The number of anilines is 2. The number of thiocarbonyl (C=S) groups is 1. The largest absolute Gasteiger partial charge is 0.331 e. The second-order valence-corrected chi connectivity index (χ2v) is 7.80. The van der Waals surface area contributed by atoms with Gasteiger partial charge in [0.05, 0.1) is 17.3 Å². The summed E-state index contributed by atoms with van der Waals surface area (Å²) in [6, 6.07) is 12.4. The Kier molecular flexibility index (Phi) is 6.50. The van der Waals surface area contributed by atoms with Crippen LogP contribution in [0.1, 0.15) is 11.3 Å². The predicted octanol–water partition coefficient (Wildman–Crippen LogP) is 6.66. The van der Waals surface area contributed by atoms with Gasteiger partial charge in [-0.05, 0) is 49.5 Å². The highest BCUT2D eigenvalue weighted by Crippen LogP contribution is 2.27. The minimum Gasteiger partial charge on any atom is -0.331 e. The Morgan fingerprint density at radius 1 is 1.00 bits per heavy atom. The van der Waals surface area contributed by atoms with E-state index < -0.39 is 0 Å². The molecule has 2 N–H and O–H groups in total. The molecule has 3 aromatic rings. The highest BCUT2D eigenvalue weighted by Gasteiger charge is 2.11. The van der Waals surface area contributed by atoms with Crippen LogP contribution in [-0.4, -0.2) is 14.9 Å². The van der Waals surface area contributed by atoms with E-state index in [9.17, 15) is 0 Å². The highest BCUT2D eigenvalue weighted by molar-refractivity contribution is 7.80. The molecule has 0 bridgehead atoms. The summed E-state index contributed by atoms with van der Waals surface area (Å²) in [7, 11) is 0. The molecule has 27 heavy (non-hydrogen) atoms. The summed E-state index contributed by atoms with van der Waals surface area (Å²) in [6.45, 7) is 2.39. The Morgan fingerprint density at radius 3 is 2.41 bits per heavy atom. The van der Waals surface area contributed by atoms with E-state index in [-0.39, 0.29) is 0 Å². The summed E-state index contributed by atoms with van der Waals surface area (Å²) in [5.74, 6) is 0.589. The zero-order valence-corrected chi connectivity index (χ0v) is 17.9. The maximum absolute atomic E-state index is 6.25. The van der Waals surface area contributed by atoms with Crippen LogP contribution >= 0.6 is 58.6 Å². The van der Waals surface area contributed by atoms with E-state index in [4.69, 9.17) is 58.6 Å². The molecule has 0 aliphatic carbocycles. The highest BCUT2D eigenvalue weighted by atomic mass is 35.5. The quantitative estimate of drug-likeness (QED) is 0.428. The minimum atomic E-state index is 0.347. The van der Waals surface area contributed by atoms with Gasteiger partial charge in [0.15, 0.2) is 10.9 Å². The third-order valence-corrected chi connectivity index (χ3v) is 5.25. The predicted molar refractivity (Wildman–Crippen MR) is 119 cm³/mol. The van der Waals surface area contributed by atoms with E-state index in [1.54, 1.807) is 35.0 Å². The van der Waals surface area contributed by atoms with Gasteiger partial charge in [-0.3, -0.25) is 4.68 Å². The topological polar surface area (TPSA) is 41.9 Å². The van der Waals surface area contributed by atoms with Crippen molar-refractivity contribution in [2.24, 2.45) is 0 Å². The smallest absolute Gasteiger partial charge is 0.176 e. The normalized spacial score (nSPS) is 10.7. The van der Waals surface area contributed by atoms with E-state index in [1.807, 2.05) is 19.1 Å². The van der Waals surface area contributed by atoms with Crippen LogP contribution in [0.3, 0.4) is 0 Å². The van der Waals surface area contributed by atoms with Gasteiger partial charge >= 0.3 is 0 Å². The molecule has 9 heteroatoms. The van der Waals surface area contributed by atoms with E-state index in [0.717, 1.165) is 11.3 Å². The van der Waals surface area contributed by atoms with Gasteiger partial charge in [0, 0.05) is 32.4 Å². The number of hydrogen-bond acceptors (Lipinski definition) is 2. The number of halogens is 4. The fourth-order valence-corrected chi connectivity index (χ4v) is 3.50. The third kappa shape index (κ3) is 5.06. The van der Waals surface area contributed by atoms with Crippen LogP contribution in [0.15, 0.2) is 42.5 Å². The van der Waals surface area contributed by atoms with Crippen molar-refractivity contribution in [1.29, 1.82) is 0 Å². The molecule has 4 nitrogen and oxygen atoms in total. The summed E-state index contributed by atoms with van der Waals surface area (Å²) >= 11 is 29.9. The summed E-state index contributed by atoms with van der Waals surface area (Å²) in [5, 5.41) is 13.2. The van der Waals surface area contributed by atoms with Crippen LogP contribution in [0.2, 0.25) is 20.1 Å². The molecule has 0 unspecified atom stereocenters. The molecule has 2 aromatic carbocycles. The van der Waals surface area contributed by atoms with Crippen molar-refractivity contribution >= 4 is 75.2 Å². The SMILES string of the molecule is Cc1cc(NC(=S)Nc2cc(Cl)ccc2Cl)nn1Cc1c(Cl)cccc1Cl. The average Bonchev–Trinajstić information content (AvgIpc) is 2.93. The molecule has 0 aliphatic heterocycles. The fourth-order valence-electron chi connectivity index (χ4n) is 2.43. The number of benzene rings is 2. The van der Waals surface area contributed by atoms with Gasteiger partial charge in [-0.1, -0.05) is 52.5 Å². The Labute approximate surface area is 182 Å². The molecule has 1 aromatic heterocycles. The molecule has 0 amide bonds. The van der Waals surface area contributed by atoms with Crippen molar-refractivity contribution in [3.63, 3.8) is 0 Å². The average molecular weight is 460 g/mol. The lowest BCUT2D eigenvalue weighted by atomic mass is 10.2. The molecule has 0 fully saturated rings. The molecular weight excluding hydrogens is 446 g/mol. The molecule has 0 saturated heterocycles. The van der Waals surface area contributed by atoms with Crippen molar-refractivity contribution in [2.75, 3.05) is 10.6 Å². The first kappa shape index (κ1) is 20.2. The number of hydrogen-bond donors (Lipinski definition) is 2. The Bertz CT molecular complexity index is 983. The second-order valence-electron chi connectivity index (χ2n) is 5.73. The van der Waals surface area contributed by atoms with Gasteiger partial charge in [0.2, 0.25) is 0 Å². The first-order chi connectivity index (χ1) is 12.8. The summed E-state index contributed by atoms with van der Waals surface area (Å²) in [5.41, 5.74) is 2.35. The molecule has 0 radical (unpaired) electrons. The molecule has 140 valence electrons. The van der Waals surface area contributed by atoms with Gasteiger partial charge in [0.1, 0.15) is 0 Å².